The predicted octanol–water partition coefficient (Wildman–Crippen LogP) is 5.88. The first-order valence-corrected chi connectivity index (χ1v) is 13.9. The zero-order valence-corrected chi connectivity index (χ0v) is 21.4. The molecule has 1 aliphatic carbocycles. The molecule has 0 bridgehead atoms. The monoisotopic (exact) mass is 525 g/mol. The number of nitrogens with zero attached hydrogens (tertiary/aromatic N) is 2. The van der Waals surface area contributed by atoms with Gasteiger partial charge in [0.25, 0.3) is 0 Å². The number of aromatic nitrogens is 2. The molecule has 1 saturated carbocycles. The minimum atomic E-state index is -3.42. The van der Waals surface area contributed by atoms with Crippen molar-refractivity contribution in [3.05, 3.63) is 59.8 Å². The van der Waals surface area contributed by atoms with Crippen molar-refractivity contribution in [2.24, 2.45) is 5.92 Å². The lowest BCUT2D eigenvalue weighted by molar-refractivity contribution is 0.466. The van der Waals surface area contributed by atoms with Crippen LogP contribution in [0.3, 0.4) is 0 Å². The van der Waals surface area contributed by atoms with Gasteiger partial charge in [0.1, 0.15) is 5.75 Å². The van der Waals surface area contributed by atoms with Crippen LogP contribution in [0.15, 0.2) is 54.7 Å². The van der Waals surface area contributed by atoms with Crippen molar-refractivity contribution in [2.45, 2.75) is 32.7 Å². The quantitative estimate of drug-likeness (QED) is 0.251. The molecule has 10 heteroatoms. The van der Waals surface area contributed by atoms with Crippen molar-refractivity contribution in [3.8, 4) is 22.9 Å². The van der Waals surface area contributed by atoms with Gasteiger partial charge in [-0.3, -0.25) is 4.72 Å². The number of nitrogen functional groups attached to an aromatic ring is 2. The highest BCUT2D eigenvalue weighted by Gasteiger charge is 2.27. The van der Waals surface area contributed by atoms with Gasteiger partial charge in [-0.15, -0.1) is 0 Å². The molecule has 2 aromatic heterocycles. The lowest BCUT2D eigenvalue weighted by Gasteiger charge is -2.14. The van der Waals surface area contributed by atoms with E-state index >= 15 is 0 Å². The summed E-state index contributed by atoms with van der Waals surface area (Å²) >= 11 is 6.70. The van der Waals surface area contributed by atoms with Crippen molar-refractivity contribution in [2.75, 3.05) is 21.9 Å². The SMILES string of the molecule is CCCS(=O)(=O)Nc1ccc(-c2c(N)c3ccc(Oc4ncccc4N)cc3n2CC2CC2)c(Cl)c1. The van der Waals surface area contributed by atoms with Gasteiger partial charge >= 0.3 is 0 Å². The van der Waals surface area contributed by atoms with E-state index in [1.807, 2.05) is 31.2 Å². The highest BCUT2D eigenvalue weighted by molar-refractivity contribution is 7.92. The van der Waals surface area contributed by atoms with E-state index < -0.39 is 10.0 Å². The molecule has 2 heterocycles. The molecule has 0 atom stereocenters. The van der Waals surface area contributed by atoms with E-state index in [0.717, 1.165) is 41.5 Å². The Morgan fingerprint density at radius 2 is 1.97 bits per heavy atom. The van der Waals surface area contributed by atoms with E-state index in [9.17, 15) is 8.42 Å². The van der Waals surface area contributed by atoms with Gasteiger partial charge in [0.2, 0.25) is 15.9 Å². The van der Waals surface area contributed by atoms with Crippen LogP contribution in [-0.4, -0.2) is 23.7 Å². The van der Waals surface area contributed by atoms with Crippen LogP contribution < -0.4 is 20.9 Å². The number of ether oxygens (including phenoxy) is 1. The highest BCUT2D eigenvalue weighted by Crippen LogP contribution is 2.44. The summed E-state index contributed by atoms with van der Waals surface area (Å²) in [4.78, 5) is 4.22. The fourth-order valence-electron chi connectivity index (χ4n) is 4.33. The summed E-state index contributed by atoms with van der Waals surface area (Å²) in [6, 6.07) is 14.3. The molecule has 2 aromatic carbocycles. The Hall–Kier alpha value is -3.43. The summed E-state index contributed by atoms with van der Waals surface area (Å²) in [6.07, 6.45) is 4.47. The second-order valence-electron chi connectivity index (χ2n) is 9.11. The molecule has 0 unspecified atom stereocenters. The Kier molecular flexibility index (Phi) is 6.44. The fraction of sp³-hybridized carbons (Fsp3) is 0.269. The molecular formula is C26H28ClN5O3S. The molecule has 0 amide bonds. The molecule has 1 fully saturated rings. The van der Waals surface area contributed by atoms with Crippen molar-refractivity contribution in [1.82, 2.24) is 9.55 Å². The van der Waals surface area contributed by atoms with Crippen molar-refractivity contribution in [1.29, 1.82) is 0 Å². The van der Waals surface area contributed by atoms with Gasteiger partial charge in [0.15, 0.2) is 0 Å². The van der Waals surface area contributed by atoms with Crippen LogP contribution in [0.1, 0.15) is 26.2 Å². The van der Waals surface area contributed by atoms with Gasteiger partial charge in [-0.25, -0.2) is 13.4 Å². The van der Waals surface area contributed by atoms with E-state index in [0.29, 0.717) is 46.1 Å². The third-order valence-electron chi connectivity index (χ3n) is 6.20. The fourth-order valence-corrected chi connectivity index (χ4v) is 5.72. The van der Waals surface area contributed by atoms with Crippen LogP contribution in [0.4, 0.5) is 17.1 Å². The molecular weight excluding hydrogens is 498 g/mol. The highest BCUT2D eigenvalue weighted by atomic mass is 35.5. The Bertz CT molecular complexity index is 1550. The first kappa shape index (κ1) is 24.3. The molecule has 0 radical (unpaired) electrons. The van der Waals surface area contributed by atoms with E-state index in [2.05, 4.69) is 14.3 Å². The predicted molar refractivity (Wildman–Crippen MR) is 146 cm³/mol. The molecule has 0 saturated heterocycles. The average Bonchev–Trinajstić information content (AvgIpc) is 3.60. The zero-order chi connectivity index (χ0) is 25.4. The molecule has 5 N–H and O–H groups in total. The number of benzene rings is 2. The lowest BCUT2D eigenvalue weighted by atomic mass is 10.1. The number of sulfonamides is 1. The zero-order valence-electron chi connectivity index (χ0n) is 19.9. The molecule has 8 nitrogen and oxygen atoms in total. The summed E-state index contributed by atoms with van der Waals surface area (Å²) in [5, 5.41) is 1.30. The van der Waals surface area contributed by atoms with Gasteiger partial charge in [-0.05, 0) is 67.6 Å². The van der Waals surface area contributed by atoms with Crippen molar-refractivity contribution < 1.29 is 13.2 Å². The second kappa shape index (κ2) is 9.55. The molecule has 36 heavy (non-hydrogen) atoms. The Labute approximate surface area is 215 Å². The van der Waals surface area contributed by atoms with Crippen LogP contribution in [0.5, 0.6) is 11.6 Å². The number of anilines is 3. The number of nitrogens with two attached hydrogens (primary N) is 2. The summed E-state index contributed by atoms with van der Waals surface area (Å²) in [6.45, 7) is 2.61. The van der Waals surface area contributed by atoms with E-state index in [4.69, 9.17) is 27.8 Å². The van der Waals surface area contributed by atoms with Gasteiger partial charge in [-0.2, -0.15) is 0 Å². The number of halogens is 1. The Balaban J connectivity index is 1.57. The maximum absolute atomic E-state index is 12.2. The number of hydrogen-bond donors (Lipinski definition) is 3. The summed E-state index contributed by atoms with van der Waals surface area (Å²) in [7, 11) is -3.42. The minimum Gasteiger partial charge on any atom is -0.437 e. The normalized spacial score (nSPS) is 13.7. The largest absolute Gasteiger partial charge is 0.437 e. The maximum atomic E-state index is 12.2. The van der Waals surface area contributed by atoms with Gasteiger partial charge in [-0.1, -0.05) is 18.5 Å². The first-order valence-electron chi connectivity index (χ1n) is 11.9. The smallest absolute Gasteiger partial charge is 0.242 e. The standard InChI is InChI=1S/C26H28ClN5O3S/c1-2-12-36(33,34)31-17-7-9-19(21(27)13-17)25-24(29)20-10-8-18(35-26-22(28)4-3-11-30-26)14-23(20)32(25)15-16-5-6-16/h3-4,7-11,13-14,16,31H,2,5-6,12,15,28-29H2,1H3. The van der Waals surface area contributed by atoms with E-state index in [1.54, 1.807) is 30.5 Å². The van der Waals surface area contributed by atoms with Crippen LogP contribution in [-0.2, 0) is 16.6 Å². The number of pyridine rings is 1. The van der Waals surface area contributed by atoms with Gasteiger partial charge in [0.05, 0.1) is 33.4 Å². The lowest BCUT2D eigenvalue weighted by Crippen LogP contribution is -2.16. The van der Waals surface area contributed by atoms with Crippen LogP contribution >= 0.6 is 11.6 Å². The molecule has 1 aliphatic rings. The summed E-state index contributed by atoms with van der Waals surface area (Å²) in [5.41, 5.74) is 16.6. The van der Waals surface area contributed by atoms with Gasteiger partial charge in [0, 0.05) is 35.4 Å². The van der Waals surface area contributed by atoms with Crippen molar-refractivity contribution >= 4 is 49.6 Å². The summed E-state index contributed by atoms with van der Waals surface area (Å²) in [5.74, 6) is 1.55. The third kappa shape index (κ3) is 4.94. The molecule has 5 rings (SSSR count). The van der Waals surface area contributed by atoms with Crippen LogP contribution in [0, 0.1) is 5.92 Å². The summed E-state index contributed by atoms with van der Waals surface area (Å²) < 4.78 is 35.1. The molecule has 0 aliphatic heterocycles. The maximum Gasteiger partial charge on any atom is 0.242 e. The topological polar surface area (TPSA) is 125 Å². The van der Waals surface area contributed by atoms with Gasteiger partial charge < -0.3 is 20.8 Å². The number of rotatable bonds is 9. The first-order chi connectivity index (χ1) is 17.3. The molecule has 188 valence electrons. The minimum absolute atomic E-state index is 0.0451. The number of hydrogen-bond acceptors (Lipinski definition) is 6. The third-order valence-corrected chi connectivity index (χ3v) is 8.00. The second-order valence-corrected chi connectivity index (χ2v) is 11.4. The number of fused-ring (bicyclic) bond motifs is 1. The van der Waals surface area contributed by atoms with Crippen LogP contribution in [0.25, 0.3) is 22.2 Å². The van der Waals surface area contributed by atoms with E-state index in [-0.39, 0.29) is 5.75 Å². The van der Waals surface area contributed by atoms with Crippen LogP contribution in [0.2, 0.25) is 5.02 Å². The van der Waals surface area contributed by atoms with Crippen molar-refractivity contribution in [3.63, 3.8) is 0 Å². The van der Waals surface area contributed by atoms with E-state index in [1.165, 1.54) is 0 Å². The molecule has 0 spiro atoms. The molecule has 4 aromatic rings. The number of nitrogens with one attached hydrogen (secondary N) is 1. The Morgan fingerprint density at radius 3 is 2.67 bits per heavy atom. The Morgan fingerprint density at radius 1 is 1.17 bits per heavy atom. The average molecular weight is 526 g/mol.